The van der Waals surface area contributed by atoms with E-state index in [9.17, 15) is 0 Å². The second-order valence-corrected chi connectivity index (χ2v) is 6.99. The Bertz CT molecular complexity index is 893. The van der Waals surface area contributed by atoms with E-state index in [0.29, 0.717) is 49.5 Å². The van der Waals surface area contributed by atoms with E-state index in [0.717, 1.165) is 29.0 Å². The summed E-state index contributed by atoms with van der Waals surface area (Å²) in [5.41, 5.74) is 3.07. The third kappa shape index (κ3) is 8.47. The van der Waals surface area contributed by atoms with Crippen LogP contribution in [0.15, 0.2) is 35.3 Å². The van der Waals surface area contributed by atoms with Gasteiger partial charge in [-0.15, -0.1) is 24.0 Å². The minimum Gasteiger partial charge on any atom is -0.493 e. The molecular weight excluding hydrogens is 537 g/mol. The van der Waals surface area contributed by atoms with Crippen molar-refractivity contribution in [3.05, 3.63) is 47.0 Å². The first kappa shape index (κ1) is 28.6. The molecule has 0 aliphatic carbocycles. The maximum absolute atomic E-state index is 5.89. The molecule has 0 aliphatic heterocycles. The van der Waals surface area contributed by atoms with Crippen molar-refractivity contribution in [3.8, 4) is 23.0 Å². The van der Waals surface area contributed by atoms with Crippen LogP contribution in [0.1, 0.15) is 23.6 Å². The van der Waals surface area contributed by atoms with Gasteiger partial charge in [-0.2, -0.15) is 0 Å². The molecule has 0 spiro atoms. The second kappa shape index (κ2) is 15.4. The number of methoxy groups -OCH3 is 4. The Morgan fingerprint density at radius 1 is 0.848 bits per heavy atom. The van der Waals surface area contributed by atoms with Crippen molar-refractivity contribution in [2.24, 2.45) is 4.99 Å². The number of rotatable bonds is 12. The molecule has 0 aromatic heterocycles. The predicted octanol–water partition coefficient (Wildman–Crippen LogP) is 3.92. The largest absolute Gasteiger partial charge is 0.493 e. The van der Waals surface area contributed by atoms with Crippen molar-refractivity contribution in [1.82, 2.24) is 10.6 Å². The number of guanidine groups is 1. The molecule has 0 saturated carbocycles. The fourth-order valence-electron chi connectivity index (χ4n) is 3.15. The lowest BCUT2D eigenvalue weighted by Gasteiger charge is -2.17. The molecule has 184 valence electrons. The number of benzene rings is 2. The van der Waals surface area contributed by atoms with Gasteiger partial charge >= 0.3 is 0 Å². The minimum atomic E-state index is 0. The first-order valence-corrected chi connectivity index (χ1v) is 10.6. The molecule has 0 fully saturated rings. The first-order chi connectivity index (χ1) is 15.6. The SMILES string of the molecule is CCNC(=NCc1ccc(OC)c(OC)c1OC)NCc1ccc(C)cc1OCCOC.I. The minimum absolute atomic E-state index is 0. The molecule has 33 heavy (non-hydrogen) atoms. The maximum Gasteiger partial charge on any atom is 0.203 e. The number of aryl methyl sites for hydroxylation is 1. The van der Waals surface area contributed by atoms with Gasteiger partial charge in [-0.1, -0.05) is 12.1 Å². The van der Waals surface area contributed by atoms with E-state index in [2.05, 4.69) is 22.8 Å². The number of hydrogen-bond donors (Lipinski definition) is 2. The van der Waals surface area contributed by atoms with Gasteiger partial charge in [0.1, 0.15) is 12.4 Å². The average Bonchev–Trinajstić information content (AvgIpc) is 2.81. The molecule has 0 bridgehead atoms. The molecule has 0 atom stereocenters. The third-order valence-electron chi connectivity index (χ3n) is 4.75. The Labute approximate surface area is 214 Å². The highest BCUT2D eigenvalue weighted by Crippen LogP contribution is 2.39. The van der Waals surface area contributed by atoms with Crippen LogP contribution in [0.2, 0.25) is 0 Å². The summed E-state index contributed by atoms with van der Waals surface area (Å²) in [6, 6.07) is 9.94. The Balaban J connectivity index is 0.00000544. The number of halogens is 1. The normalized spacial score (nSPS) is 10.8. The maximum atomic E-state index is 5.89. The molecule has 0 amide bonds. The lowest BCUT2D eigenvalue weighted by atomic mass is 10.1. The van der Waals surface area contributed by atoms with E-state index >= 15 is 0 Å². The Morgan fingerprint density at radius 3 is 2.21 bits per heavy atom. The lowest BCUT2D eigenvalue weighted by molar-refractivity contribution is 0.145. The van der Waals surface area contributed by atoms with Gasteiger partial charge in [-0.3, -0.25) is 0 Å². The molecule has 0 radical (unpaired) electrons. The van der Waals surface area contributed by atoms with Crippen LogP contribution in [0.4, 0.5) is 0 Å². The molecule has 2 aromatic carbocycles. The van der Waals surface area contributed by atoms with Crippen LogP contribution in [-0.4, -0.2) is 54.2 Å². The molecule has 2 aromatic rings. The van der Waals surface area contributed by atoms with Crippen LogP contribution in [0.25, 0.3) is 0 Å². The molecule has 2 N–H and O–H groups in total. The topological polar surface area (TPSA) is 82.6 Å². The van der Waals surface area contributed by atoms with Crippen LogP contribution in [0.3, 0.4) is 0 Å². The van der Waals surface area contributed by atoms with Crippen LogP contribution < -0.4 is 29.6 Å². The molecule has 8 nitrogen and oxygen atoms in total. The van der Waals surface area contributed by atoms with Crippen LogP contribution >= 0.6 is 24.0 Å². The van der Waals surface area contributed by atoms with E-state index in [1.807, 2.05) is 32.0 Å². The monoisotopic (exact) mass is 573 g/mol. The van der Waals surface area contributed by atoms with Gasteiger partial charge in [-0.25, -0.2) is 4.99 Å². The summed E-state index contributed by atoms with van der Waals surface area (Å²) in [4.78, 5) is 4.72. The quantitative estimate of drug-likeness (QED) is 0.173. The smallest absolute Gasteiger partial charge is 0.203 e. The van der Waals surface area contributed by atoms with Crippen molar-refractivity contribution in [2.75, 3.05) is 48.2 Å². The van der Waals surface area contributed by atoms with Gasteiger partial charge in [0.15, 0.2) is 17.5 Å². The number of hydrogen-bond acceptors (Lipinski definition) is 6. The number of nitrogens with one attached hydrogen (secondary N) is 2. The van der Waals surface area contributed by atoms with Gasteiger partial charge in [-0.05, 0) is 37.6 Å². The summed E-state index contributed by atoms with van der Waals surface area (Å²) < 4.78 is 27.4. The van der Waals surface area contributed by atoms with E-state index in [-0.39, 0.29) is 24.0 Å². The molecular formula is C24H36IN3O5. The zero-order valence-corrected chi connectivity index (χ0v) is 22.6. The van der Waals surface area contributed by atoms with E-state index in [1.54, 1.807) is 28.4 Å². The summed E-state index contributed by atoms with van der Waals surface area (Å²) in [6.07, 6.45) is 0. The Kier molecular flexibility index (Phi) is 13.4. The standard InChI is InChI=1S/C24H35N3O5.HI/c1-7-25-24(26-15-18-9-8-17(2)14-21(18)32-13-12-28-3)27-16-19-10-11-20(29-4)23(31-6)22(19)30-5;/h8-11,14H,7,12-13,15-16H2,1-6H3,(H2,25,26,27);1H. The van der Waals surface area contributed by atoms with E-state index in [4.69, 9.17) is 28.7 Å². The van der Waals surface area contributed by atoms with Crippen molar-refractivity contribution >= 4 is 29.9 Å². The van der Waals surface area contributed by atoms with Gasteiger partial charge in [0, 0.05) is 31.3 Å². The van der Waals surface area contributed by atoms with Crippen LogP contribution in [0.5, 0.6) is 23.0 Å². The van der Waals surface area contributed by atoms with Gasteiger partial charge < -0.3 is 34.3 Å². The highest BCUT2D eigenvalue weighted by molar-refractivity contribution is 14.0. The van der Waals surface area contributed by atoms with Gasteiger partial charge in [0.2, 0.25) is 5.75 Å². The number of aliphatic imine (C=N–C) groups is 1. The number of ether oxygens (including phenoxy) is 5. The van der Waals surface area contributed by atoms with Gasteiger partial charge in [0.25, 0.3) is 0 Å². The van der Waals surface area contributed by atoms with Crippen LogP contribution in [0, 0.1) is 6.92 Å². The van der Waals surface area contributed by atoms with Gasteiger partial charge in [0.05, 0.1) is 34.5 Å². The zero-order valence-electron chi connectivity index (χ0n) is 20.3. The summed E-state index contributed by atoms with van der Waals surface area (Å²) in [5.74, 6) is 3.30. The number of nitrogens with zero attached hydrogens (tertiary/aromatic N) is 1. The molecule has 0 unspecified atom stereocenters. The third-order valence-corrected chi connectivity index (χ3v) is 4.75. The van der Waals surface area contributed by atoms with Crippen molar-refractivity contribution in [1.29, 1.82) is 0 Å². The summed E-state index contributed by atoms with van der Waals surface area (Å²) >= 11 is 0. The molecule has 0 aliphatic rings. The molecule has 0 saturated heterocycles. The zero-order chi connectivity index (χ0) is 23.3. The van der Waals surface area contributed by atoms with Crippen LogP contribution in [-0.2, 0) is 17.8 Å². The van der Waals surface area contributed by atoms with E-state index in [1.165, 1.54) is 0 Å². The summed E-state index contributed by atoms with van der Waals surface area (Å²) in [6.45, 7) is 6.82. The molecule has 0 heterocycles. The van der Waals surface area contributed by atoms with Crippen molar-refractivity contribution in [2.45, 2.75) is 26.9 Å². The highest BCUT2D eigenvalue weighted by Gasteiger charge is 2.15. The highest BCUT2D eigenvalue weighted by atomic mass is 127. The average molecular weight is 573 g/mol. The Morgan fingerprint density at radius 2 is 1.58 bits per heavy atom. The molecule has 2 rings (SSSR count). The van der Waals surface area contributed by atoms with Crippen molar-refractivity contribution in [3.63, 3.8) is 0 Å². The fraction of sp³-hybridized carbons (Fsp3) is 0.458. The predicted molar refractivity (Wildman–Crippen MR) is 142 cm³/mol. The van der Waals surface area contributed by atoms with E-state index < -0.39 is 0 Å². The summed E-state index contributed by atoms with van der Waals surface area (Å²) in [5, 5.41) is 6.65. The van der Waals surface area contributed by atoms with Crippen molar-refractivity contribution < 1.29 is 23.7 Å². The fourth-order valence-corrected chi connectivity index (χ4v) is 3.15. The summed E-state index contributed by atoms with van der Waals surface area (Å²) in [7, 11) is 6.46. The molecule has 9 heteroatoms. The lowest BCUT2D eigenvalue weighted by Crippen LogP contribution is -2.36. The first-order valence-electron chi connectivity index (χ1n) is 10.6. The Hall–Kier alpha value is -2.40. The second-order valence-electron chi connectivity index (χ2n) is 6.99.